The minimum absolute atomic E-state index is 0.188. The first-order valence-corrected chi connectivity index (χ1v) is 5.75. The van der Waals surface area contributed by atoms with E-state index < -0.39 is 17.8 Å². The van der Waals surface area contributed by atoms with Crippen LogP contribution in [-0.4, -0.2) is 17.0 Å². The second-order valence-corrected chi connectivity index (χ2v) is 4.46. The van der Waals surface area contributed by atoms with Crippen molar-refractivity contribution in [1.29, 1.82) is 0 Å². The van der Waals surface area contributed by atoms with E-state index in [1.165, 1.54) is 0 Å². The largest absolute Gasteiger partial charge is 0.481 e. The van der Waals surface area contributed by atoms with Crippen molar-refractivity contribution in [3.63, 3.8) is 0 Å². The smallest absolute Gasteiger partial charge is 0.316 e. The van der Waals surface area contributed by atoms with Gasteiger partial charge in [0.05, 0.1) is 6.04 Å². The van der Waals surface area contributed by atoms with Crippen LogP contribution < -0.4 is 5.32 Å². The van der Waals surface area contributed by atoms with Crippen molar-refractivity contribution < 1.29 is 14.7 Å². The predicted molar refractivity (Wildman–Crippen MR) is 62.7 cm³/mol. The van der Waals surface area contributed by atoms with Crippen LogP contribution in [0.25, 0.3) is 0 Å². The minimum atomic E-state index is -1.07. The molecule has 0 saturated carbocycles. The Morgan fingerprint density at radius 1 is 1.35 bits per heavy atom. The monoisotopic (exact) mass is 253 g/mol. The molecule has 2 rings (SSSR count). The van der Waals surface area contributed by atoms with E-state index in [9.17, 15) is 9.59 Å². The molecule has 2 atom stereocenters. The molecule has 0 aliphatic carbocycles. The third-order valence-corrected chi connectivity index (χ3v) is 3.30. The molecule has 1 heterocycles. The van der Waals surface area contributed by atoms with Crippen LogP contribution in [0.1, 0.15) is 24.4 Å². The predicted octanol–water partition coefficient (Wildman–Crippen LogP) is 1.99. The lowest BCUT2D eigenvalue weighted by Gasteiger charge is -2.27. The van der Waals surface area contributed by atoms with Crippen molar-refractivity contribution >= 4 is 23.5 Å². The van der Waals surface area contributed by atoms with E-state index in [-0.39, 0.29) is 6.04 Å². The van der Waals surface area contributed by atoms with Crippen LogP contribution in [0.3, 0.4) is 0 Å². The quantitative estimate of drug-likeness (QED) is 0.792. The van der Waals surface area contributed by atoms with Gasteiger partial charge in [-0.2, -0.15) is 0 Å². The average molecular weight is 254 g/mol. The number of carbonyl (C=O) groups excluding carboxylic acids is 1. The molecule has 1 saturated heterocycles. The molecular weight excluding hydrogens is 242 g/mol. The van der Waals surface area contributed by atoms with Gasteiger partial charge in [0.2, 0.25) is 5.91 Å². The highest BCUT2D eigenvalue weighted by molar-refractivity contribution is 6.31. The third-order valence-electron chi connectivity index (χ3n) is 2.96. The van der Waals surface area contributed by atoms with Crippen molar-refractivity contribution in [2.24, 2.45) is 5.92 Å². The molecular formula is C12H12ClNO3. The van der Waals surface area contributed by atoms with Gasteiger partial charge in [-0.15, -0.1) is 0 Å². The maximum Gasteiger partial charge on any atom is 0.316 e. The fraction of sp³-hybridized carbons (Fsp3) is 0.333. The van der Waals surface area contributed by atoms with Crippen molar-refractivity contribution in [2.45, 2.75) is 18.9 Å². The number of carbonyl (C=O) groups is 2. The maximum atomic E-state index is 11.6. The van der Waals surface area contributed by atoms with E-state index in [0.29, 0.717) is 17.9 Å². The fourth-order valence-electron chi connectivity index (χ4n) is 2.04. The molecule has 0 spiro atoms. The van der Waals surface area contributed by atoms with Crippen LogP contribution in [0.2, 0.25) is 5.02 Å². The first-order chi connectivity index (χ1) is 8.09. The van der Waals surface area contributed by atoms with Crippen LogP contribution in [-0.2, 0) is 9.59 Å². The van der Waals surface area contributed by atoms with Gasteiger partial charge >= 0.3 is 5.97 Å². The van der Waals surface area contributed by atoms with Gasteiger partial charge in [0.25, 0.3) is 0 Å². The summed E-state index contributed by atoms with van der Waals surface area (Å²) in [4.78, 5) is 22.4. The molecule has 1 fully saturated rings. The van der Waals surface area contributed by atoms with Gasteiger partial charge in [-0.1, -0.05) is 29.8 Å². The van der Waals surface area contributed by atoms with Crippen LogP contribution in [0, 0.1) is 5.92 Å². The van der Waals surface area contributed by atoms with E-state index in [1.54, 1.807) is 6.07 Å². The van der Waals surface area contributed by atoms with Crippen LogP contribution in [0.4, 0.5) is 0 Å². The number of nitrogens with one attached hydrogen (secondary N) is 1. The highest BCUT2D eigenvalue weighted by atomic mass is 35.5. The first-order valence-electron chi connectivity index (χ1n) is 5.37. The molecule has 1 aromatic rings. The Hall–Kier alpha value is -1.55. The normalized spacial score (nSPS) is 24.2. The summed E-state index contributed by atoms with van der Waals surface area (Å²) in [5.74, 6) is -2.44. The van der Waals surface area contributed by atoms with Gasteiger partial charge < -0.3 is 10.4 Å². The molecule has 0 bridgehead atoms. The fourth-order valence-corrected chi connectivity index (χ4v) is 2.30. The third kappa shape index (κ3) is 2.42. The Morgan fingerprint density at radius 3 is 2.65 bits per heavy atom. The van der Waals surface area contributed by atoms with Crippen LogP contribution in [0.5, 0.6) is 0 Å². The first kappa shape index (κ1) is 11.9. The molecule has 90 valence electrons. The highest BCUT2D eigenvalue weighted by Crippen LogP contribution is 2.30. The molecule has 1 aliphatic rings. The molecule has 2 N–H and O–H groups in total. The summed E-state index contributed by atoms with van der Waals surface area (Å²) < 4.78 is 0. The zero-order chi connectivity index (χ0) is 12.4. The molecule has 1 aromatic carbocycles. The van der Waals surface area contributed by atoms with Crippen LogP contribution >= 0.6 is 11.6 Å². The number of amides is 1. The van der Waals surface area contributed by atoms with E-state index in [0.717, 1.165) is 5.56 Å². The van der Waals surface area contributed by atoms with Gasteiger partial charge in [0.15, 0.2) is 0 Å². The minimum Gasteiger partial charge on any atom is -0.481 e. The second kappa shape index (κ2) is 4.75. The number of piperidine rings is 1. The van der Waals surface area contributed by atoms with Crippen molar-refractivity contribution in [3.05, 3.63) is 34.9 Å². The average Bonchev–Trinajstić information content (AvgIpc) is 2.29. The summed E-state index contributed by atoms with van der Waals surface area (Å²) in [6.45, 7) is 0. The highest BCUT2D eigenvalue weighted by Gasteiger charge is 2.34. The van der Waals surface area contributed by atoms with Gasteiger partial charge in [0.1, 0.15) is 5.92 Å². The van der Waals surface area contributed by atoms with Crippen LogP contribution in [0.15, 0.2) is 24.3 Å². The summed E-state index contributed by atoms with van der Waals surface area (Å²) in [6, 6.07) is 7.07. The Bertz CT molecular complexity index is 461. The van der Waals surface area contributed by atoms with Crippen molar-refractivity contribution in [3.8, 4) is 0 Å². The topological polar surface area (TPSA) is 66.4 Å². The lowest BCUT2D eigenvalue weighted by molar-refractivity contribution is -0.148. The van der Waals surface area contributed by atoms with E-state index >= 15 is 0 Å². The van der Waals surface area contributed by atoms with E-state index in [2.05, 4.69) is 5.32 Å². The summed E-state index contributed by atoms with van der Waals surface area (Å²) in [5.41, 5.74) is 0.839. The Kier molecular flexibility index (Phi) is 3.33. The number of benzene rings is 1. The van der Waals surface area contributed by atoms with Gasteiger partial charge in [-0.05, 0) is 24.5 Å². The molecule has 1 amide bonds. The second-order valence-electron chi connectivity index (χ2n) is 4.05. The lowest BCUT2D eigenvalue weighted by atomic mass is 9.90. The number of rotatable bonds is 2. The van der Waals surface area contributed by atoms with Gasteiger partial charge in [0, 0.05) is 5.02 Å². The van der Waals surface area contributed by atoms with E-state index in [4.69, 9.17) is 16.7 Å². The molecule has 4 nitrogen and oxygen atoms in total. The summed E-state index contributed by atoms with van der Waals surface area (Å²) in [7, 11) is 0. The molecule has 1 aliphatic heterocycles. The number of hydrogen-bond acceptors (Lipinski definition) is 2. The molecule has 0 aromatic heterocycles. The summed E-state index contributed by atoms with van der Waals surface area (Å²) in [5, 5.41) is 12.1. The van der Waals surface area contributed by atoms with Crippen molar-refractivity contribution in [2.75, 3.05) is 0 Å². The Labute approximate surface area is 104 Å². The zero-order valence-electron chi connectivity index (χ0n) is 9.02. The zero-order valence-corrected chi connectivity index (χ0v) is 9.78. The van der Waals surface area contributed by atoms with Crippen molar-refractivity contribution in [1.82, 2.24) is 5.32 Å². The number of halogens is 1. The number of hydrogen-bond donors (Lipinski definition) is 2. The number of aliphatic carboxylic acids is 1. The Balaban J connectivity index is 2.15. The maximum absolute atomic E-state index is 11.6. The van der Waals surface area contributed by atoms with E-state index in [1.807, 2.05) is 18.2 Å². The molecule has 17 heavy (non-hydrogen) atoms. The summed E-state index contributed by atoms with van der Waals surface area (Å²) in [6.07, 6.45) is 0.934. The van der Waals surface area contributed by atoms with Gasteiger partial charge in [-0.3, -0.25) is 9.59 Å². The Morgan fingerprint density at radius 2 is 2.06 bits per heavy atom. The molecule has 5 heteroatoms. The number of carboxylic acid groups (broad SMARTS) is 1. The standard InChI is InChI=1S/C12H12ClNO3/c13-9-4-2-1-3-7(9)10-6-5-8(12(16)17)11(15)14-10/h1-4,8,10H,5-6H2,(H,14,15)(H,16,17). The molecule has 0 radical (unpaired) electrons. The summed E-state index contributed by atoms with van der Waals surface area (Å²) >= 11 is 6.04. The number of carboxylic acids is 1. The SMILES string of the molecule is O=C(O)C1CCC(c2ccccc2Cl)NC1=O. The molecule has 2 unspecified atom stereocenters. The van der Waals surface area contributed by atoms with Gasteiger partial charge in [-0.25, -0.2) is 0 Å². The lowest BCUT2D eigenvalue weighted by Crippen LogP contribution is -2.42.